The highest BCUT2D eigenvalue weighted by molar-refractivity contribution is 5.96. The number of carbonyl (C=O) groups is 1. The number of hydrogen-bond acceptors (Lipinski definition) is 4. The summed E-state index contributed by atoms with van der Waals surface area (Å²) >= 11 is 0. The van der Waals surface area contributed by atoms with Gasteiger partial charge in [0, 0.05) is 51.2 Å². The second kappa shape index (κ2) is 7.23. The van der Waals surface area contributed by atoms with Gasteiger partial charge in [-0.05, 0) is 46.2 Å². The Hall–Kier alpha value is -2.15. The number of piperidine rings is 1. The molecule has 0 saturated carbocycles. The van der Waals surface area contributed by atoms with Crippen LogP contribution >= 0.6 is 0 Å². The number of nitrogens with zero attached hydrogens (tertiary/aromatic N) is 6. The van der Waals surface area contributed by atoms with Crippen LogP contribution in [0, 0.1) is 19.8 Å². The molecule has 0 aliphatic carbocycles. The van der Waals surface area contributed by atoms with E-state index in [9.17, 15) is 4.79 Å². The van der Waals surface area contributed by atoms with Gasteiger partial charge < -0.3 is 4.90 Å². The summed E-state index contributed by atoms with van der Waals surface area (Å²) < 4.78 is 3.63. The van der Waals surface area contributed by atoms with Crippen LogP contribution in [0.15, 0.2) is 12.4 Å². The number of hydrogen-bond donors (Lipinski definition) is 0. The molecular weight excluding hydrogens is 328 g/mol. The molecule has 1 saturated heterocycles. The number of carbonyl (C=O) groups excluding carboxylic acids is 1. The lowest BCUT2D eigenvalue weighted by molar-refractivity contribution is 0.0644. The predicted molar refractivity (Wildman–Crippen MR) is 101 cm³/mol. The number of amides is 1. The van der Waals surface area contributed by atoms with Crippen molar-refractivity contribution in [1.29, 1.82) is 0 Å². The van der Waals surface area contributed by atoms with E-state index < -0.39 is 0 Å². The van der Waals surface area contributed by atoms with Gasteiger partial charge in [-0.2, -0.15) is 10.2 Å². The quantitative estimate of drug-likeness (QED) is 0.838. The van der Waals surface area contributed by atoms with E-state index in [1.165, 1.54) is 5.56 Å². The lowest BCUT2D eigenvalue weighted by atomic mass is 9.85. The molecule has 3 heterocycles. The van der Waals surface area contributed by atoms with Gasteiger partial charge in [0.2, 0.25) is 0 Å². The van der Waals surface area contributed by atoms with Crippen LogP contribution in [-0.4, -0.2) is 62.5 Å². The van der Waals surface area contributed by atoms with Crippen LogP contribution in [0.5, 0.6) is 0 Å². The van der Waals surface area contributed by atoms with Gasteiger partial charge in [0.1, 0.15) is 0 Å². The molecule has 2 atom stereocenters. The molecule has 7 nitrogen and oxygen atoms in total. The zero-order valence-electron chi connectivity index (χ0n) is 16.7. The summed E-state index contributed by atoms with van der Waals surface area (Å²) in [4.78, 5) is 17.3. The van der Waals surface area contributed by atoms with Gasteiger partial charge in [-0.25, -0.2) is 0 Å². The van der Waals surface area contributed by atoms with E-state index in [-0.39, 0.29) is 5.91 Å². The SMILES string of the molecule is Cc1nn(C)c(C)c1C(=O)N(C)C[C@@H]1CCCN(C)[C@H]1c1cnn(C)c1. The summed E-state index contributed by atoms with van der Waals surface area (Å²) in [6.45, 7) is 5.67. The Morgan fingerprint density at radius 1 is 1.31 bits per heavy atom. The third-order valence-electron chi connectivity index (χ3n) is 5.65. The molecule has 0 unspecified atom stereocenters. The highest BCUT2D eigenvalue weighted by Crippen LogP contribution is 2.35. The molecule has 7 heteroatoms. The summed E-state index contributed by atoms with van der Waals surface area (Å²) in [6, 6.07) is 0.295. The van der Waals surface area contributed by atoms with Crippen molar-refractivity contribution in [3.8, 4) is 0 Å². The Labute approximate surface area is 155 Å². The standard InChI is InChI=1S/C19H30N6O/c1-13-17(14(2)25(6)21-13)19(26)23(4)11-15-8-7-9-22(3)18(15)16-10-20-24(5)12-16/h10,12,15,18H,7-9,11H2,1-6H3/t15-,18+/m0/s1. The minimum Gasteiger partial charge on any atom is -0.341 e. The largest absolute Gasteiger partial charge is 0.341 e. The van der Waals surface area contributed by atoms with E-state index >= 15 is 0 Å². The van der Waals surface area contributed by atoms with Crippen molar-refractivity contribution < 1.29 is 4.79 Å². The summed E-state index contributed by atoms with van der Waals surface area (Å²) in [5.74, 6) is 0.454. The number of rotatable bonds is 4. The fraction of sp³-hybridized carbons (Fsp3) is 0.632. The number of aromatic nitrogens is 4. The third kappa shape index (κ3) is 3.40. The Bertz CT molecular complexity index is 792. The number of likely N-dealkylation sites (tertiary alicyclic amines) is 1. The lowest BCUT2D eigenvalue weighted by Gasteiger charge is -2.40. The molecule has 142 valence electrons. The van der Waals surface area contributed by atoms with Crippen LogP contribution in [-0.2, 0) is 14.1 Å². The van der Waals surface area contributed by atoms with Gasteiger partial charge in [0.15, 0.2) is 0 Å². The van der Waals surface area contributed by atoms with E-state index in [0.29, 0.717) is 12.0 Å². The molecule has 1 fully saturated rings. The topological polar surface area (TPSA) is 59.2 Å². The maximum atomic E-state index is 13.0. The summed E-state index contributed by atoms with van der Waals surface area (Å²) in [7, 11) is 7.91. The van der Waals surface area contributed by atoms with Crippen molar-refractivity contribution in [2.24, 2.45) is 20.0 Å². The average molecular weight is 358 g/mol. The average Bonchev–Trinajstić information content (AvgIpc) is 3.10. The van der Waals surface area contributed by atoms with E-state index in [2.05, 4.69) is 28.3 Å². The van der Waals surface area contributed by atoms with Crippen LogP contribution in [0.2, 0.25) is 0 Å². The monoisotopic (exact) mass is 358 g/mol. The molecule has 0 bridgehead atoms. The van der Waals surface area contributed by atoms with Crippen molar-refractivity contribution >= 4 is 5.91 Å². The molecule has 26 heavy (non-hydrogen) atoms. The van der Waals surface area contributed by atoms with E-state index in [4.69, 9.17) is 0 Å². The number of aryl methyl sites for hydroxylation is 3. The molecule has 2 aromatic heterocycles. The molecule has 1 aliphatic heterocycles. The molecule has 1 amide bonds. The van der Waals surface area contributed by atoms with E-state index in [1.807, 2.05) is 50.8 Å². The Morgan fingerprint density at radius 3 is 2.62 bits per heavy atom. The Kier molecular flexibility index (Phi) is 5.18. The van der Waals surface area contributed by atoms with Crippen molar-refractivity contribution in [1.82, 2.24) is 29.4 Å². The van der Waals surface area contributed by atoms with Gasteiger partial charge in [0.05, 0.1) is 17.5 Å². The van der Waals surface area contributed by atoms with Crippen molar-refractivity contribution in [2.75, 3.05) is 27.2 Å². The summed E-state index contributed by atoms with van der Waals surface area (Å²) in [5, 5.41) is 8.74. The van der Waals surface area contributed by atoms with Crippen molar-refractivity contribution in [2.45, 2.75) is 32.7 Å². The second-order valence-electron chi connectivity index (χ2n) is 7.63. The molecule has 1 aliphatic rings. The first-order valence-corrected chi connectivity index (χ1v) is 9.24. The zero-order chi connectivity index (χ0) is 19.0. The molecular formula is C19H30N6O. The lowest BCUT2D eigenvalue weighted by Crippen LogP contribution is -2.42. The van der Waals surface area contributed by atoms with Crippen LogP contribution in [0.3, 0.4) is 0 Å². The molecule has 0 aromatic carbocycles. The summed E-state index contributed by atoms with van der Waals surface area (Å²) in [5.41, 5.74) is 3.68. The van der Waals surface area contributed by atoms with Crippen LogP contribution in [0.1, 0.15) is 46.2 Å². The minimum atomic E-state index is 0.0614. The molecule has 2 aromatic rings. The van der Waals surface area contributed by atoms with E-state index in [1.54, 1.807) is 4.68 Å². The normalized spacial score (nSPS) is 21.2. The third-order valence-corrected chi connectivity index (χ3v) is 5.65. The highest BCUT2D eigenvalue weighted by Gasteiger charge is 2.33. The van der Waals surface area contributed by atoms with E-state index in [0.717, 1.165) is 42.9 Å². The van der Waals surface area contributed by atoms with Gasteiger partial charge in [-0.3, -0.25) is 19.1 Å². The molecule has 0 spiro atoms. The maximum Gasteiger partial charge on any atom is 0.257 e. The van der Waals surface area contributed by atoms with Crippen molar-refractivity contribution in [3.63, 3.8) is 0 Å². The van der Waals surface area contributed by atoms with Gasteiger partial charge in [-0.15, -0.1) is 0 Å². The minimum absolute atomic E-state index is 0.0614. The van der Waals surface area contributed by atoms with Crippen molar-refractivity contribution in [3.05, 3.63) is 34.9 Å². The summed E-state index contributed by atoms with van der Waals surface area (Å²) in [6.07, 6.45) is 6.32. The van der Waals surface area contributed by atoms with Gasteiger partial charge in [-0.1, -0.05) is 0 Å². The molecule has 0 N–H and O–H groups in total. The molecule has 3 rings (SSSR count). The van der Waals surface area contributed by atoms with Crippen LogP contribution < -0.4 is 0 Å². The first-order chi connectivity index (χ1) is 12.3. The highest BCUT2D eigenvalue weighted by atomic mass is 16.2. The first-order valence-electron chi connectivity index (χ1n) is 9.24. The smallest absolute Gasteiger partial charge is 0.257 e. The van der Waals surface area contributed by atoms with Gasteiger partial charge >= 0.3 is 0 Å². The zero-order valence-corrected chi connectivity index (χ0v) is 16.7. The fourth-order valence-electron chi connectivity index (χ4n) is 4.28. The maximum absolute atomic E-state index is 13.0. The Balaban J connectivity index is 1.80. The predicted octanol–water partition coefficient (Wildman–Crippen LogP) is 1.93. The first kappa shape index (κ1) is 18.6. The van der Waals surface area contributed by atoms with Gasteiger partial charge in [0.25, 0.3) is 5.91 Å². The Morgan fingerprint density at radius 2 is 2.04 bits per heavy atom. The second-order valence-corrected chi connectivity index (χ2v) is 7.63. The van der Waals surface area contributed by atoms with Crippen LogP contribution in [0.25, 0.3) is 0 Å². The molecule has 0 radical (unpaired) electrons. The van der Waals surface area contributed by atoms with Crippen LogP contribution in [0.4, 0.5) is 0 Å². The fourth-order valence-corrected chi connectivity index (χ4v) is 4.28.